The van der Waals surface area contributed by atoms with E-state index in [2.05, 4.69) is 22.0 Å². The van der Waals surface area contributed by atoms with Crippen LogP contribution in [-0.4, -0.2) is 0 Å². The zero-order valence-corrected chi connectivity index (χ0v) is 6.57. The van der Waals surface area contributed by atoms with Crippen molar-refractivity contribution in [3.8, 4) is 0 Å². The van der Waals surface area contributed by atoms with E-state index in [0.717, 1.165) is 0 Å². The van der Waals surface area contributed by atoms with Crippen molar-refractivity contribution < 1.29 is 23.3 Å². The van der Waals surface area contributed by atoms with Gasteiger partial charge in [-0.1, -0.05) is 4.47 Å². The Balaban J connectivity index is 0.000000640. The summed E-state index contributed by atoms with van der Waals surface area (Å²) in [5, 5.41) is 0. The van der Waals surface area contributed by atoms with Crippen LogP contribution in [0.15, 0.2) is 22.7 Å². The molecule has 0 saturated carbocycles. The number of hydrogen-bond acceptors (Lipinski definition) is 0. The summed E-state index contributed by atoms with van der Waals surface area (Å²) in [6.45, 7) is 0. The molecule has 1 aromatic rings. The topological polar surface area (TPSA) is 0 Å². The molecule has 0 unspecified atom stereocenters. The molecule has 0 heterocycles. The summed E-state index contributed by atoms with van der Waals surface area (Å²) in [6.07, 6.45) is 0. The van der Waals surface area contributed by atoms with Gasteiger partial charge in [-0.3, -0.25) is 0 Å². The Morgan fingerprint density at radius 1 is 1.56 bits per heavy atom. The summed E-state index contributed by atoms with van der Waals surface area (Å²) in [5.41, 5.74) is 0. The predicted molar refractivity (Wildman–Crippen MR) is 32.9 cm³/mol. The molecule has 1 rings (SSSR count). The first-order valence-corrected chi connectivity index (χ1v) is 2.91. The molecule has 0 bridgehead atoms. The normalized spacial score (nSPS) is 8.22. The van der Waals surface area contributed by atoms with E-state index >= 15 is 0 Å². The second-order valence-electron chi connectivity index (χ2n) is 1.33. The molecular formula is C6H3BrFLi. The van der Waals surface area contributed by atoms with Gasteiger partial charge >= 0.3 is 18.9 Å². The Bertz CT molecular complexity index is 169. The molecule has 0 saturated heterocycles. The van der Waals surface area contributed by atoms with Gasteiger partial charge in [0.15, 0.2) is 0 Å². The van der Waals surface area contributed by atoms with Gasteiger partial charge in [0.2, 0.25) is 0 Å². The van der Waals surface area contributed by atoms with Gasteiger partial charge in [0.1, 0.15) is 0 Å². The zero-order chi connectivity index (χ0) is 5.98. The molecule has 3 heteroatoms. The first-order valence-electron chi connectivity index (χ1n) is 2.12. The van der Waals surface area contributed by atoms with Crippen molar-refractivity contribution in [1.29, 1.82) is 0 Å². The van der Waals surface area contributed by atoms with Crippen molar-refractivity contribution in [2.45, 2.75) is 0 Å². The quantitative estimate of drug-likeness (QED) is 0.370. The van der Waals surface area contributed by atoms with Gasteiger partial charge in [0.25, 0.3) is 0 Å². The van der Waals surface area contributed by atoms with Crippen molar-refractivity contribution >= 4 is 15.9 Å². The SMILES string of the molecule is Fc1[c-]cccc1Br.[Li+]. The minimum absolute atomic E-state index is 0. The molecule has 0 radical (unpaired) electrons. The minimum Gasteiger partial charge on any atom is -0.235 e. The average Bonchev–Trinajstić information content (AvgIpc) is 1.77. The van der Waals surface area contributed by atoms with Crippen LogP contribution in [0.1, 0.15) is 0 Å². The third-order valence-corrected chi connectivity index (χ3v) is 1.37. The van der Waals surface area contributed by atoms with Gasteiger partial charge < -0.3 is 0 Å². The van der Waals surface area contributed by atoms with E-state index in [0.29, 0.717) is 4.47 Å². The van der Waals surface area contributed by atoms with Gasteiger partial charge in [-0.15, -0.1) is 22.0 Å². The summed E-state index contributed by atoms with van der Waals surface area (Å²) in [7, 11) is 0. The molecule has 0 aliphatic heterocycles. The van der Waals surface area contributed by atoms with E-state index in [1.165, 1.54) is 6.07 Å². The van der Waals surface area contributed by atoms with Crippen LogP contribution in [0.2, 0.25) is 0 Å². The maximum atomic E-state index is 12.2. The molecular weight excluding hydrogens is 178 g/mol. The van der Waals surface area contributed by atoms with Gasteiger partial charge in [0.05, 0.1) is 0 Å². The van der Waals surface area contributed by atoms with Crippen molar-refractivity contribution in [2.24, 2.45) is 0 Å². The smallest absolute Gasteiger partial charge is 0.235 e. The van der Waals surface area contributed by atoms with E-state index in [9.17, 15) is 4.39 Å². The summed E-state index contributed by atoms with van der Waals surface area (Å²) in [4.78, 5) is 0. The summed E-state index contributed by atoms with van der Waals surface area (Å²) >= 11 is 2.99. The molecule has 0 fully saturated rings. The van der Waals surface area contributed by atoms with E-state index in [1.807, 2.05) is 0 Å². The Morgan fingerprint density at radius 2 is 2.22 bits per heavy atom. The van der Waals surface area contributed by atoms with E-state index in [1.54, 1.807) is 12.1 Å². The maximum Gasteiger partial charge on any atom is 1.00 e. The minimum atomic E-state index is -0.340. The molecule has 0 aliphatic carbocycles. The Labute approximate surface area is 73.8 Å². The van der Waals surface area contributed by atoms with Gasteiger partial charge in [-0.25, -0.2) is 4.39 Å². The van der Waals surface area contributed by atoms with Crippen LogP contribution in [0.4, 0.5) is 4.39 Å². The van der Waals surface area contributed by atoms with E-state index < -0.39 is 0 Å². The molecule has 0 nitrogen and oxygen atoms in total. The van der Waals surface area contributed by atoms with Crippen LogP contribution in [0, 0.1) is 11.9 Å². The van der Waals surface area contributed by atoms with Crippen molar-refractivity contribution in [3.05, 3.63) is 34.6 Å². The summed E-state index contributed by atoms with van der Waals surface area (Å²) in [6, 6.07) is 7.26. The monoisotopic (exact) mass is 180 g/mol. The van der Waals surface area contributed by atoms with Crippen molar-refractivity contribution in [2.75, 3.05) is 0 Å². The van der Waals surface area contributed by atoms with Crippen molar-refractivity contribution in [1.82, 2.24) is 0 Å². The standard InChI is InChI=1S/C6H3BrF.Li/c7-5-3-1-2-4-6(5)8;/h1-3H;/q-1;+1. The van der Waals surface area contributed by atoms with E-state index in [4.69, 9.17) is 0 Å². The molecule has 42 valence electrons. The first kappa shape index (κ1) is 9.23. The van der Waals surface area contributed by atoms with Crippen LogP contribution in [0.3, 0.4) is 0 Å². The molecule has 0 spiro atoms. The molecule has 0 aliphatic rings. The molecule has 0 aromatic heterocycles. The third-order valence-electron chi connectivity index (χ3n) is 0.759. The van der Waals surface area contributed by atoms with Crippen LogP contribution < -0.4 is 18.9 Å². The van der Waals surface area contributed by atoms with Crippen LogP contribution >= 0.6 is 15.9 Å². The average molecular weight is 181 g/mol. The fourth-order valence-corrected chi connectivity index (χ4v) is 0.663. The van der Waals surface area contributed by atoms with Gasteiger partial charge in [0, 0.05) is 5.82 Å². The predicted octanol–water partition coefficient (Wildman–Crippen LogP) is -0.608. The fraction of sp³-hybridized carbons (Fsp3) is 0. The molecule has 0 amide bonds. The Morgan fingerprint density at radius 3 is 2.56 bits per heavy atom. The molecule has 1 aromatic carbocycles. The largest absolute Gasteiger partial charge is 1.00 e. The number of halogens is 2. The third kappa shape index (κ3) is 2.53. The molecule has 9 heavy (non-hydrogen) atoms. The van der Waals surface area contributed by atoms with Crippen LogP contribution in [-0.2, 0) is 0 Å². The number of benzene rings is 1. The van der Waals surface area contributed by atoms with E-state index in [-0.39, 0.29) is 24.7 Å². The first-order chi connectivity index (χ1) is 3.80. The number of rotatable bonds is 0. The molecule has 0 N–H and O–H groups in total. The fourth-order valence-electron chi connectivity index (χ4n) is 0.396. The van der Waals surface area contributed by atoms with Gasteiger partial charge in [-0.2, -0.15) is 18.2 Å². The molecule has 0 atom stereocenters. The Hall–Kier alpha value is 0.227. The summed E-state index contributed by atoms with van der Waals surface area (Å²) < 4.78 is 12.7. The second-order valence-corrected chi connectivity index (χ2v) is 2.19. The maximum absolute atomic E-state index is 12.2. The van der Waals surface area contributed by atoms with Crippen molar-refractivity contribution in [3.63, 3.8) is 0 Å². The van der Waals surface area contributed by atoms with Gasteiger partial charge in [-0.05, 0) is 0 Å². The van der Waals surface area contributed by atoms with Crippen LogP contribution in [0.5, 0.6) is 0 Å². The summed E-state index contributed by atoms with van der Waals surface area (Å²) in [5.74, 6) is -0.340. The second kappa shape index (κ2) is 4.11. The number of hydrogen-bond donors (Lipinski definition) is 0. The zero-order valence-electron chi connectivity index (χ0n) is 4.99. The Kier molecular flexibility index (Phi) is 4.21. The van der Waals surface area contributed by atoms with Crippen LogP contribution in [0.25, 0.3) is 0 Å².